The second-order valence-corrected chi connectivity index (χ2v) is 7.61. The van der Waals surface area contributed by atoms with Gasteiger partial charge in [-0.25, -0.2) is 13.4 Å². The van der Waals surface area contributed by atoms with Gasteiger partial charge in [0.1, 0.15) is 0 Å². The first-order chi connectivity index (χ1) is 9.07. The van der Waals surface area contributed by atoms with Gasteiger partial charge in [0, 0.05) is 13.1 Å². The fraction of sp³-hybridized carbons (Fsp3) is 0.333. The lowest BCUT2D eigenvalue weighted by Crippen LogP contribution is -2.43. The molecule has 1 aromatic heterocycles. The van der Waals surface area contributed by atoms with Gasteiger partial charge in [-0.05, 0) is 12.1 Å². The van der Waals surface area contributed by atoms with Crippen LogP contribution < -0.4 is 0 Å². The first-order valence-electron chi connectivity index (χ1n) is 5.89. The molecule has 0 radical (unpaired) electrons. The molecule has 3 rings (SSSR count). The molecule has 100 valence electrons. The van der Waals surface area contributed by atoms with Crippen LogP contribution in [0, 0.1) is 0 Å². The molecule has 0 spiro atoms. The molecule has 0 N–H and O–H groups in total. The summed E-state index contributed by atoms with van der Waals surface area (Å²) in [5.41, 5.74) is 3.13. The molecule has 0 bridgehead atoms. The minimum absolute atomic E-state index is 0.0530. The minimum Gasteiger partial charge on any atom is -0.337 e. The van der Waals surface area contributed by atoms with Crippen LogP contribution in [0.15, 0.2) is 23.7 Å². The SMILES string of the molecule is O=C(c1cccc2ncsc12)N1CCS(=O)(=O)CC1. The number of thiazole rings is 1. The molecular weight excluding hydrogens is 284 g/mol. The van der Waals surface area contributed by atoms with E-state index in [1.165, 1.54) is 11.3 Å². The van der Waals surface area contributed by atoms with E-state index < -0.39 is 9.84 Å². The van der Waals surface area contributed by atoms with Crippen LogP contribution >= 0.6 is 11.3 Å². The first kappa shape index (κ1) is 12.6. The molecule has 0 saturated carbocycles. The van der Waals surface area contributed by atoms with Gasteiger partial charge in [0.25, 0.3) is 5.91 Å². The minimum atomic E-state index is -2.97. The molecule has 1 aliphatic heterocycles. The highest BCUT2D eigenvalue weighted by atomic mass is 32.2. The van der Waals surface area contributed by atoms with Crippen LogP contribution in [-0.2, 0) is 9.84 Å². The summed E-state index contributed by atoms with van der Waals surface area (Å²) in [6.07, 6.45) is 0. The van der Waals surface area contributed by atoms with Crippen molar-refractivity contribution in [3.63, 3.8) is 0 Å². The zero-order chi connectivity index (χ0) is 13.5. The predicted octanol–water partition coefficient (Wildman–Crippen LogP) is 1.17. The summed E-state index contributed by atoms with van der Waals surface area (Å²) in [4.78, 5) is 18.2. The highest BCUT2D eigenvalue weighted by Crippen LogP contribution is 2.23. The fourth-order valence-electron chi connectivity index (χ4n) is 2.14. The number of nitrogens with zero attached hydrogens (tertiary/aromatic N) is 2. The van der Waals surface area contributed by atoms with Crippen molar-refractivity contribution in [3.8, 4) is 0 Å². The molecule has 5 nitrogen and oxygen atoms in total. The fourth-order valence-corrected chi connectivity index (χ4v) is 4.14. The second kappa shape index (κ2) is 4.57. The molecule has 0 unspecified atom stereocenters. The highest BCUT2D eigenvalue weighted by Gasteiger charge is 2.26. The van der Waals surface area contributed by atoms with Crippen molar-refractivity contribution < 1.29 is 13.2 Å². The van der Waals surface area contributed by atoms with Crippen LogP contribution in [0.2, 0.25) is 0 Å². The zero-order valence-corrected chi connectivity index (χ0v) is 11.7. The van der Waals surface area contributed by atoms with Gasteiger partial charge in [-0.2, -0.15) is 0 Å². The number of fused-ring (bicyclic) bond motifs is 1. The van der Waals surface area contributed by atoms with Gasteiger partial charge in [0.2, 0.25) is 0 Å². The van der Waals surface area contributed by atoms with Crippen molar-refractivity contribution in [2.24, 2.45) is 0 Å². The Hall–Kier alpha value is -1.47. The molecule has 2 heterocycles. The maximum absolute atomic E-state index is 12.4. The molecule has 19 heavy (non-hydrogen) atoms. The van der Waals surface area contributed by atoms with Crippen LogP contribution in [-0.4, -0.2) is 48.8 Å². The molecular formula is C12H12N2O3S2. The summed E-state index contributed by atoms with van der Waals surface area (Å²) in [7, 11) is -2.97. The number of hydrogen-bond acceptors (Lipinski definition) is 5. The van der Waals surface area contributed by atoms with Gasteiger partial charge < -0.3 is 4.90 Å². The van der Waals surface area contributed by atoms with Crippen molar-refractivity contribution >= 4 is 37.3 Å². The molecule has 1 fully saturated rings. The number of aromatic nitrogens is 1. The van der Waals surface area contributed by atoms with Crippen LogP contribution in [0.25, 0.3) is 10.2 Å². The quantitative estimate of drug-likeness (QED) is 0.792. The van der Waals surface area contributed by atoms with Crippen molar-refractivity contribution in [1.29, 1.82) is 0 Å². The Morgan fingerprint density at radius 3 is 2.74 bits per heavy atom. The number of carbonyl (C=O) groups is 1. The Balaban J connectivity index is 1.90. The first-order valence-corrected chi connectivity index (χ1v) is 8.59. The summed E-state index contributed by atoms with van der Waals surface area (Å²) < 4.78 is 23.6. The summed E-state index contributed by atoms with van der Waals surface area (Å²) in [6.45, 7) is 0.548. The Morgan fingerprint density at radius 2 is 2.00 bits per heavy atom. The van der Waals surface area contributed by atoms with E-state index in [1.54, 1.807) is 22.5 Å². The maximum Gasteiger partial charge on any atom is 0.255 e. The number of benzene rings is 1. The lowest BCUT2D eigenvalue weighted by molar-refractivity contribution is 0.0772. The van der Waals surface area contributed by atoms with Crippen molar-refractivity contribution in [3.05, 3.63) is 29.3 Å². The molecule has 1 saturated heterocycles. The van der Waals surface area contributed by atoms with Crippen LogP contribution in [0.5, 0.6) is 0 Å². The van der Waals surface area contributed by atoms with Crippen molar-refractivity contribution in [2.75, 3.05) is 24.6 Å². The van der Waals surface area contributed by atoms with E-state index >= 15 is 0 Å². The standard InChI is InChI=1S/C12H12N2O3S2/c15-12(14-4-6-19(16,17)7-5-14)9-2-1-3-10-11(9)18-8-13-10/h1-3,8H,4-7H2. The van der Waals surface area contributed by atoms with E-state index in [9.17, 15) is 13.2 Å². The van der Waals surface area contributed by atoms with E-state index in [0.29, 0.717) is 5.56 Å². The summed E-state index contributed by atoms with van der Waals surface area (Å²) in [5, 5.41) is 0. The number of rotatable bonds is 1. The van der Waals surface area contributed by atoms with Gasteiger partial charge in [0.05, 0.1) is 32.8 Å². The molecule has 1 amide bonds. The largest absolute Gasteiger partial charge is 0.337 e. The van der Waals surface area contributed by atoms with Crippen LogP contribution in [0.4, 0.5) is 0 Å². The number of hydrogen-bond donors (Lipinski definition) is 0. The average Bonchev–Trinajstić information content (AvgIpc) is 2.86. The van der Waals surface area contributed by atoms with Gasteiger partial charge in [-0.1, -0.05) is 6.07 Å². The molecule has 1 aromatic carbocycles. The van der Waals surface area contributed by atoms with Crippen molar-refractivity contribution in [1.82, 2.24) is 9.88 Å². The number of sulfone groups is 1. The predicted molar refractivity (Wildman–Crippen MR) is 74.2 cm³/mol. The van der Waals surface area contributed by atoms with Gasteiger partial charge in [0.15, 0.2) is 9.84 Å². The van der Waals surface area contributed by atoms with Gasteiger partial charge in [-0.15, -0.1) is 11.3 Å². The Labute approximate surface area is 114 Å². The van der Waals surface area contributed by atoms with Crippen LogP contribution in [0.3, 0.4) is 0 Å². The summed E-state index contributed by atoms with van der Waals surface area (Å²) in [6, 6.07) is 5.44. The molecule has 0 atom stereocenters. The molecule has 2 aromatic rings. The van der Waals surface area contributed by atoms with E-state index in [2.05, 4.69) is 4.98 Å². The second-order valence-electron chi connectivity index (χ2n) is 4.45. The molecule has 7 heteroatoms. The zero-order valence-electron chi connectivity index (χ0n) is 10.1. The van der Waals surface area contributed by atoms with E-state index in [0.717, 1.165) is 10.2 Å². The normalized spacial score (nSPS) is 18.6. The third-order valence-corrected chi connectivity index (χ3v) is 5.70. The van der Waals surface area contributed by atoms with Crippen molar-refractivity contribution in [2.45, 2.75) is 0 Å². The third kappa shape index (κ3) is 2.35. The van der Waals surface area contributed by atoms with Crippen LogP contribution in [0.1, 0.15) is 10.4 Å². The summed E-state index contributed by atoms with van der Waals surface area (Å²) in [5.74, 6) is -0.000747. The number of carbonyl (C=O) groups excluding carboxylic acids is 1. The van der Waals surface area contributed by atoms with Gasteiger partial charge in [-0.3, -0.25) is 4.79 Å². The van der Waals surface area contributed by atoms with E-state index in [1.807, 2.05) is 6.07 Å². The molecule has 0 aliphatic carbocycles. The Kier molecular flexibility index (Phi) is 3.02. The Bertz CT molecular complexity index is 722. The lowest BCUT2D eigenvalue weighted by atomic mass is 10.2. The van der Waals surface area contributed by atoms with Gasteiger partial charge >= 0.3 is 0 Å². The molecule has 1 aliphatic rings. The monoisotopic (exact) mass is 296 g/mol. The number of amides is 1. The Morgan fingerprint density at radius 1 is 1.26 bits per heavy atom. The maximum atomic E-state index is 12.4. The van der Waals surface area contributed by atoms with E-state index in [-0.39, 0.29) is 30.5 Å². The average molecular weight is 296 g/mol. The lowest BCUT2D eigenvalue weighted by Gasteiger charge is -2.26. The summed E-state index contributed by atoms with van der Waals surface area (Å²) >= 11 is 1.43. The third-order valence-electron chi connectivity index (χ3n) is 3.22. The van der Waals surface area contributed by atoms with E-state index in [4.69, 9.17) is 0 Å². The smallest absolute Gasteiger partial charge is 0.255 e. The highest BCUT2D eigenvalue weighted by molar-refractivity contribution is 7.91. The topological polar surface area (TPSA) is 67.3 Å².